The first-order chi connectivity index (χ1) is 10.6. The number of carboxylic acid groups (broad SMARTS) is 1. The third-order valence-electron chi connectivity index (χ3n) is 4.52. The van der Waals surface area contributed by atoms with Crippen molar-refractivity contribution in [3.05, 3.63) is 0 Å². The lowest BCUT2D eigenvalue weighted by atomic mass is 10.0. The Morgan fingerprint density at radius 1 is 1.14 bits per heavy atom. The van der Waals surface area contributed by atoms with Gasteiger partial charge in [0.05, 0.1) is 18.6 Å². The maximum atomic E-state index is 12.5. The first-order valence-corrected chi connectivity index (χ1v) is 8.30. The van der Waals surface area contributed by atoms with Crippen LogP contribution in [0, 0.1) is 0 Å². The van der Waals surface area contributed by atoms with Crippen LogP contribution in [0.4, 0.5) is 0 Å². The predicted molar refractivity (Wildman–Crippen MR) is 80.6 cm³/mol. The van der Waals surface area contributed by atoms with Gasteiger partial charge in [-0.3, -0.25) is 9.59 Å². The molecule has 2 rings (SSSR count). The molecular formula is C16H27NO5. The summed E-state index contributed by atoms with van der Waals surface area (Å²) in [7, 11) is 0. The molecule has 2 heterocycles. The summed E-state index contributed by atoms with van der Waals surface area (Å²) in [5.41, 5.74) is 0. The topological polar surface area (TPSA) is 76.1 Å². The van der Waals surface area contributed by atoms with Gasteiger partial charge in [-0.2, -0.15) is 0 Å². The number of amides is 1. The summed E-state index contributed by atoms with van der Waals surface area (Å²) in [5, 5.41) is 8.89. The van der Waals surface area contributed by atoms with Crippen molar-refractivity contribution < 1.29 is 24.2 Å². The van der Waals surface area contributed by atoms with Crippen LogP contribution in [0.2, 0.25) is 0 Å². The van der Waals surface area contributed by atoms with Gasteiger partial charge in [-0.05, 0) is 39.0 Å². The fourth-order valence-corrected chi connectivity index (χ4v) is 3.25. The fourth-order valence-electron chi connectivity index (χ4n) is 3.25. The molecule has 2 fully saturated rings. The Morgan fingerprint density at radius 2 is 1.86 bits per heavy atom. The number of aliphatic carboxylic acids is 1. The van der Waals surface area contributed by atoms with Crippen LogP contribution in [-0.4, -0.2) is 59.9 Å². The van der Waals surface area contributed by atoms with Crippen molar-refractivity contribution >= 4 is 11.9 Å². The molecule has 2 aliphatic heterocycles. The van der Waals surface area contributed by atoms with Crippen molar-refractivity contribution in [3.63, 3.8) is 0 Å². The number of hydrogen-bond acceptors (Lipinski definition) is 4. The molecule has 1 N–H and O–H groups in total. The standard InChI is InChI=1S/C16H27NO5/c1-12-2-3-14(22-12)4-5-15(18)17(9-6-16(19)20)13-7-10-21-11-8-13/h12-14H,2-11H2,1H3,(H,19,20). The molecule has 0 aromatic rings. The van der Waals surface area contributed by atoms with Crippen molar-refractivity contribution in [1.82, 2.24) is 4.90 Å². The summed E-state index contributed by atoms with van der Waals surface area (Å²) in [6.45, 7) is 3.64. The van der Waals surface area contributed by atoms with E-state index >= 15 is 0 Å². The monoisotopic (exact) mass is 313 g/mol. The van der Waals surface area contributed by atoms with Gasteiger partial charge in [0, 0.05) is 32.2 Å². The van der Waals surface area contributed by atoms with Gasteiger partial charge in [0.25, 0.3) is 0 Å². The van der Waals surface area contributed by atoms with Crippen molar-refractivity contribution in [2.75, 3.05) is 19.8 Å². The van der Waals surface area contributed by atoms with E-state index in [1.165, 1.54) is 0 Å². The SMILES string of the molecule is CC1CCC(CCC(=O)N(CCC(=O)O)C2CCOCC2)O1. The van der Waals surface area contributed by atoms with Crippen molar-refractivity contribution in [2.24, 2.45) is 0 Å². The Hall–Kier alpha value is -1.14. The normalized spacial score (nSPS) is 26.0. The van der Waals surface area contributed by atoms with Gasteiger partial charge in [-0.25, -0.2) is 0 Å². The highest BCUT2D eigenvalue weighted by molar-refractivity contribution is 5.77. The summed E-state index contributed by atoms with van der Waals surface area (Å²) in [5.74, 6) is -0.811. The maximum absolute atomic E-state index is 12.5. The van der Waals surface area contributed by atoms with Gasteiger partial charge in [-0.15, -0.1) is 0 Å². The molecule has 6 nitrogen and oxygen atoms in total. The zero-order valence-electron chi connectivity index (χ0n) is 13.3. The van der Waals surface area contributed by atoms with E-state index in [9.17, 15) is 9.59 Å². The Balaban J connectivity index is 1.85. The Kier molecular flexibility index (Phi) is 6.64. The van der Waals surface area contributed by atoms with Crippen molar-refractivity contribution in [1.29, 1.82) is 0 Å². The van der Waals surface area contributed by atoms with Crippen LogP contribution < -0.4 is 0 Å². The van der Waals surface area contributed by atoms with Crippen molar-refractivity contribution in [2.45, 2.75) is 70.1 Å². The number of ether oxygens (including phenoxy) is 2. The van der Waals surface area contributed by atoms with E-state index in [4.69, 9.17) is 14.6 Å². The van der Waals surface area contributed by atoms with Crippen LogP contribution in [-0.2, 0) is 19.1 Å². The second-order valence-electron chi connectivity index (χ2n) is 6.26. The zero-order valence-corrected chi connectivity index (χ0v) is 13.3. The van der Waals surface area contributed by atoms with Gasteiger partial charge >= 0.3 is 5.97 Å². The average Bonchev–Trinajstić information content (AvgIpc) is 2.92. The molecule has 6 heteroatoms. The van der Waals surface area contributed by atoms with Crippen LogP contribution in [0.15, 0.2) is 0 Å². The summed E-state index contributed by atoms with van der Waals surface area (Å²) in [6.07, 6.45) is 5.30. The first kappa shape index (κ1) is 17.2. The number of nitrogens with zero attached hydrogens (tertiary/aromatic N) is 1. The molecule has 0 aromatic heterocycles. The molecule has 0 aromatic carbocycles. The van der Waals surface area contributed by atoms with Crippen LogP contribution in [0.25, 0.3) is 0 Å². The summed E-state index contributed by atoms with van der Waals surface area (Å²) in [6, 6.07) is 0.115. The minimum Gasteiger partial charge on any atom is -0.481 e. The number of rotatable bonds is 7. The molecular weight excluding hydrogens is 286 g/mol. The third-order valence-corrected chi connectivity index (χ3v) is 4.52. The van der Waals surface area contributed by atoms with Crippen LogP contribution in [0.3, 0.4) is 0 Å². The highest BCUT2D eigenvalue weighted by atomic mass is 16.5. The van der Waals surface area contributed by atoms with E-state index < -0.39 is 5.97 Å². The van der Waals surface area contributed by atoms with E-state index in [0.29, 0.717) is 32.3 Å². The molecule has 2 unspecified atom stereocenters. The van der Waals surface area contributed by atoms with E-state index in [2.05, 4.69) is 6.92 Å². The highest BCUT2D eigenvalue weighted by Gasteiger charge is 2.28. The molecule has 0 radical (unpaired) electrons. The molecule has 0 spiro atoms. The van der Waals surface area contributed by atoms with Crippen LogP contribution >= 0.6 is 0 Å². The van der Waals surface area contributed by atoms with Gasteiger partial charge in [-0.1, -0.05) is 0 Å². The Labute approximate surface area is 131 Å². The number of carbonyl (C=O) groups is 2. The quantitative estimate of drug-likeness (QED) is 0.776. The molecule has 0 saturated carbocycles. The smallest absolute Gasteiger partial charge is 0.305 e. The van der Waals surface area contributed by atoms with Crippen molar-refractivity contribution in [3.8, 4) is 0 Å². The molecule has 126 valence electrons. The molecule has 0 bridgehead atoms. The molecule has 2 saturated heterocycles. The minimum atomic E-state index is -0.863. The molecule has 0 aliphatic carbocycles. The van der Waals surface area contributed by atoms with E-state index in [-0.39, 0.29) is 24.5 Å². The summed E-state index contributed by atoms with van der Waals surface area (Å²) >= 11 is 0. The highest BCUT2D eigenvalue weighted by Crippen LogP contribution is 2.24. The lowest BCUT2D eigenvalue weighted by molar-refractivity contribution is -0.140. The fraction of sp³-hybridized carbons (Fsp3) is 0.875. The molecule has 2 atom stereocenters. The summed E-state index contributed by atoms with van der Waals surface area (Å²) < 4.78 is 11.1. The maximum Gasteiger partial charge on any atom is 0.305 e. The van der Waals surface area contributed by atoms with Crippen LogP contribution in [0.1, 0.15) is 51.9 Å². The Bertz CT molecular complexity index is 381. The summed E-state index contributed by atoms with van der Waals surface area (Å²) in [4.78, 5) is 25.1. The molecule has 1 amide bonds. The van der Waals surface area contributed by atoms with Gasteiger partial charge < -0.3 is 19.5 Å². The lowest BCUT2D eigenvalue weighted by Gasteiger charge is -2.34. The van der Waals surface area contributed by atoms with E-state index in [1.807, 2.05) is 0 Å². The second kappa shape index (κ2) is 8.48. The lowest BCUT2D eigenvalue weighted by Crippen LogP contribution is -2.44. The first-order valence-electron chi connectivity index (χ1n) is 8.30. The average molecular weight is 313 g/mol. The number of carboxylic acids is 1. The zero-order chi connectivity index (χ0) is 15.9. The van der Waals surface area contributed by atoms with Gasteiger partial charge in [0.1, 0.15) is 0 Å². The minimum absolute atomic E-state index is 0.0000593. The number of carbonyl (C=O) groups excluding carboxylic acids is 1. The molecule has 22 heavy (non-hydrogen) atoms. The third kappa shape index (κ3) is 5.25. The van der Waals surface area contributed by atoms with Crippen LogP contribution in [0.5, 0.6) is 0 Å². The van der Waals surface area contributed by atoms with E-state index in [1.54, 1.807) is 4.90 Å². The largest absolute Gasteiger partial charge is 0.481 e. The van der Waals surface area contributed by atoms with Gasteiger partial charge in [0.15, 0.2) is 0 Å². The predicted octanol–water partition coefficient (Wildman–Crippen LogP) is 1.82. The second-order valence-corrected chi connectivity index (χ2v) is 6.26. The number of hydrogen-bond donors (Lipinski definition) is 1. The molecule has 2 aliphatic rings. The van der Waals surface area contributed by atoms with E-state index in [0.717, 1.165) is 32.1 Å². The Morgan fingerprint density at radius 3 is 2.45 bits per heavy atom. The van der Waals surface area contributed by atoms with Gasteiger partial charge in [0.2, 0.25) is 5.91 Å².